The second-order valence-electron chi connectivity index (χ2n) is 5.45. The first kappa shape index (κ1) is 19.4. The molecule has 0 unspecified atom stereocenters. The van der Waals surface area contributed by atoms with Crippen molar-refractivity contribution in [3.63, 3.8) is 0 Å². The summed E-state index contributed by atoms with van der Waals surface area (Å²) in [6.45, 7) is 2.40. The van der Waals surface area contributed by atoms with Crippen LogP contribution < -0.4 is 15.4 Å². The maximum Gasteiger partial charge on any atom is 0.292 e. The van der Waals surface area contributed by atoms with E-state index in [0.717, 1.165) is 0 Å². The number of ether oxygens (including phenoxy) is 1. The molecule has 0 saturated carbocycles. The van der Waals surface area contributed by atoms with Gasteiger partial charge in [0.25, 0.3) is 5.91 Å². The van der Waals surface area contributed by atoms with E-state index in [1.165, 1.54) is 18.0 Å². The summed E-state index contributed by atoms with van der Waals surface area (Å²) in [5, 5.41) is 13.9. The largest absolute Gasteiger partial charge is 0.492 e. The number of hydrogen-bond acceptors (Lipinski definition) is 7. The summed E-state index contributed by atoms with van der Waals surface area (Å²) in [5.74, 6) is 0.666. The van der Waals surface area contributed by atoms with E-state index in [4.69, 9.17) is 9.15 Å². The van der Waals surface area contributed by atoms with Crippen molar-refractivity contribution >= 4 is 35.1 Å². The number of hydrogen-bond donors (Lipinski definition) is 2. The maximum absolute atomic E-state index is 12.2. The van der Waals surface area contributed by atoms with E-state index in [1.807, 2.05) is 19.1 Å². The summed E-state index contributed by atoms with van der Waals surface area (Å²) in [7, 11) is 0. The first-order chi connectivity index (χ1) is 13.7. The molecule has 3 rings (SSSR count). The fraction of sp³-hybridized carbons (Fsp3) is 0.158. The quantitative estimate of drug-likeness (QED) is 0.560. The maximum atomic E-state index is 12.2. The highest BCUT2D eigenvalue weighted by Crippen LogP contribution is 2.24. The highest BCUT2D eigenvalue weighted by molar-refractivity contribution is 7.99. The van der Waals surface area contributed by atoms with E-state index in [2.05, 4.69) is 20.8 Å². The topological polar surface area (TPSA) is 106 Å². The van der Waals surface area contributed by atoms with Gasteiger partial charge in [-0.1, -0.05) is 23.9 Å². The predicted octanol–water partition coefficient (Wildman–Crippen LogP) is 3.45. The molecule has 0 spiro atoms. The molecule has 0 bridgehead atoms. The molecule has 2 aromatic heterocycles. The van der Waals surface area contributed by atoms with Crippen LogP contribution in [0.2, 0.25) is 0 Å². The molecular weight excluding hydrogens is 380 g/mol. The standard InChI is InChI=1S/C19H18N4O4S/c1-2-26-14-7-4-3-6-13(14)20-17(24)12-28-18-10-9-16(22-23-18)21-19(25)15-8-5-11-27-15/h3-11H,2,12H2,1H3,(H,20,24)(H,21,22,25). The summed E-state index contributed by atoms with van der Waals surface area (Å²) in [6, 6.07) is 13.7. The first-order valence-corrected chi connectivity index (χ1v) is 9.47. The number of nitrogens with zero attached hydrogens (tertiary/aromatic N) is 2. The molecule has 0 aliphatic heterocycles. The van der Waals surface area contributed by atoms with Crippen LogP contribution in [0.5, 0.6) is 5.75 Å². The fourth-order valence-electron chi connectivity index (χ4n) is 2.23. The molecule has 0 atom stereocenters. The van der Waals surface area contributed by atoms with E-state index >= 15 is 0 Å². The van der Waals surface area contributed by atoms with Gasteiger partial charge in [0.15, 0.2) is 11.6 Å². The minimum absolute atomic E-state index is 0.160. The summed E-state index contributed by atoms with van der Waals surface area (Å²) >= 11 is 1.23. The molecule has 0 aliphatic rings. The first-order valence-electron chi connectivity index (χ1n) is 8.48. The smallest absolute Gasteiger partial charge is 0.292 e. The molecule has 0 fully saturated rings. The lowest BCUT2D eigenvalue weighted by atomic mass is 10.3. The number of anilines is 2. The summed E-state index contributed by atoms with van der Waals surface area (Å²) in [4.78, 5) is 24.1. The highest BCUT2D eigenvalue weighted by Gasteiger charge is 2.11. The number of furan rings is 1. The Morgan fingerprint density at radius 3 is 2.64 bits per heavy atom. The molecular formula is C19H18N4O4S. The van der Waals surface area contributed by atoms with Crippen molar-refractivity contribution in [1.29, 1.82) is 0 Å². The van der Waals surface area contributed by atoms with Crippen molar-refractivity contribution < 1.29 is 18.7 Å². The van der Waals surface area contributed by atoms with Gasteiger partial charge in [-0.15, -0.1) is 10.2 Å². The number of thioether (sulfide) groups is 1. The Morgan fingerprint density at radius 2 is 1.93 bits per heavy atom. The average molecular weight is 398 g/mol. The minimum Gasteiger partial charge on any atom is -0.492 e. The van der Waals surface area contributed by atoms with E-state index in [1.54, 1.807) is 36.4 Å². The van der Waals surface area contributed by atoms with Gasteiger partial charge in [0, 0.05) is 0 Å². The monoisotopic (exact) mass is 398 g/mol. The third-order valence-corrected chi connectivity index (χ3v) is 4.36. The SMILES string of the molecule is CCOc1ccccc1NC(=O)CSc1ccc(NC(=O)c2ccco2)nn1. The Balaban J connectivity index is 1.51. The average Bonchev–Trinajstić information content (AvgIpc) is 3.24. The number of benzene rings is 1. The molecule has 0 aliphatic carbocycles. The Hall–Kier alpha value is -3.33. The number of nitrogens with one attached hydrogen (secondary N) is 2. The molecule has 28 heavy (non-hydrogen) atoms. The second kappa shape index (κ2) is 9.56. The van der Waals surface area contributed by atoms with E-state index in [0.29, 0.717) is 28.9 Å². The number of carbonyl (C=O) groups excluding carboxylic acids is 2. The third kappa shape index (κ3) is 5.34. The third-order valence-electron chi connectivity index (χ3n) is 3.44. The Bertz CT molecular complexity index is 929. The Morgan fingerprint density at radius 1 is 1.07 bits per heavy atom. The molecule has 2 amide bonds. The molecule has 0 radical (unpaired) electrons. The number of para-hydroxylation sites is 2. The lowest BCUT2D eigenvalue weighted by Gasteiger charge is -2.10. The number of rotatable bonds is 8. The molecule has 1 aromatic carbocycles. The summed E-state index contributed by atoms with van der Waals surface area (Å²) in [6.07, 6.45) is 1.41. The van der Waals surface area contributed by atoms with Crippen LogP contribution in [0.15, 0.2) is 64.2 Å². The van der Waals surface area contributed by atoms with Gasteiger partial charge in [-0.2, -0.15) is 0 Å². The molecule has 2 heterocycles. The van der Waals surface area contributed by atoms with Crippen LogP contribution in [0.4, 0.5) is 11.5 Å². The molecule has 9 heteroatoms. The fourth-order valence-corrected chi connectivity index (χ4v) is 2.84. The van der Waals surface area contributed by atoms with Gasteiger partial charge in [-0.05, 0) is 43.3 Å². The number of carbonyl (C=O) groups is 2. The summed E-state index contributed by atoms with van der Waals surface area (Å²) in [5.41, 5.74) is 0.622. The Kier molecular flexibility index (Phi) is 6.64. The van der Waals surface area contributed by atoms with Crippen molar-refractivity contribution in [3.05, 3.63) is 60.6 Å². The molecule has 144 valence electrons. The van der Waals surface area contributed by atoms with Crippen LogP contribution in [0.3, 0.4) is 0 Å². The van der Waals surface area contributed by atoms with Gasteiger partial charge in [0.2, 0.25) is 5.91 Å². The van der Waals surface area contributed by atoms with Gasteiger partial charge >= 0.3 is 0 Å². The van der Waals surface area contributed by atoms with Crippen LogP contribution in [0.25, 0.3) is 0 Å². The van der Waals surface area contributed by atoms with E-state index < -0.39 is 5.91 Å². The van der Waals surface area contributed by atoms with Crippen LogP contribution in [0, 0.1) is 0 Å². The number of amides is 2. The van der Waals surface area contributed by atoms with Crippen molar-refractivity contribution in [2.45, 2.75) is 11.9 Å². The molecule has 0 saturated heterocycles. The Labute approximate surface area is 165 Å². The number of aromatic nitrogens is 2. The van der Waals surface area contributed by atoms with Gasteiger partial charge < -0.3 is 19.8 Å². The lowest BCUT2D eigenvalue weighted by molar-refractivity contribution is -0.113. The highest BCUT2D eigenvalue weighted by atomic mass is 32.2. The van der Waals surface area contributed by atoms with Crippen LogP contribution >= 0.6 is 11.8 Å². The van der Waals surface area contributed by atoms with Crippen LogP contribution in [0.1, 0.15) is 17.5 Å². The van der Waals surface area contributed by atoms with Gasteiger partial charge in [-0.3, -0.25) is 9.59 Å². The molecule has 3 aromatic rings. The van der Waals surface area contributed by atoms with Gasteiger partial charge in [0.05, 0.1) is 24.3 Å². The summed E-state index contributed by atoms with van der Waals surface area (Å²) < 4.78 is 10.5. The predicted molar refractivity (Wildman–Crippen MR) is 106 cm³/mol. The normalized spacial score (nSPS) is 10.3. The van der Waals surface area contributed by atoms with E-state index in [-0.39, 0.29) is 17.4 Å². The van der Waals surface area contributed by atoms with Crippen molar-refractivity contribution in [3.8, 4) is 5.75 Å². The second-order valence-corrected chi connectivity index (χ2v) is 6.45. The zero-order chi connectivity index (χ0) is 19.8. The minimum atomic E-state index is -0.410. The van der Waals surface area contributed by atoms with Gasteiger partial charge in [-0.25, -0.2) is 0 Å². The molecule has 8 nitrogen and oxygen atoms in total. The van der Waals surface area contributed by atoms with Crippen LogP contribution in [-0.4, -0.2) is 34.4 Å². The van der Waals surface area contributed by atoms with Crippen molar-refractivity contribution in [1.82, 2.24) is 10.2 Å². The van der Waals surface area contributed by atoms with Gasteiger partial charge in [0.1, 0.15) is 10.8 Å². The lowest BCUT2D eigenvalue weighted by Crippen LogP contribution is -2.15. The van der Waals surface area contributed by atoms with E-state index in [9.17, 15) is 9.59 Å². The van der Waals surface area contributed by atoms with Crippen LogP contribution in [-0.2, 0) is 4.79 Å². The zero-order valence-corrected chi connectivity index (χ0v) is 15.9. The van der Waals surface area contributed by atoms with Crippen molar-refractivity contribution in [2.24, 2.45) is 0 Å². The molecule has 2 N–H and O–H groups in total. The zero-order valence-electron chi connectivity index (χ0n) is 15.0. The van der Waals surface area contributed by atoms with Crippen molar-refractivity contribution in [2.75, 3.05) is 23.0 Å².